The Morgan fingerprint density at radius 2 is 2.14 bits per heavy atom. The molecule has 22 heavy (non-hydrogen) atoms. The number of rotatable bonds is 4. The van der Waals surface area contributed by atoms with E-state index in [0.717, 1.165) is 23.3 Å². The summed E-state index contributed by atoms with van der Waals surface area (Å²) in [6.45, 7) is 0. The topological polar surface area (TPSA) is 106 Å². The normalized spacial score (nSPS) is 11.4. The molecule has 0 saturated carbocycles. The molecule has 0 atom stereocenters. The monoisotopic (exact) mass is 291 g/mol. The van der Waals surface area contributed by atoms with Gasteiger partial charge in [0.15, 0.2) is 5.84 Å². The average Bonchev–Trinajstić information content (AvgIpc) is 3.06. The molecule has 3 rings (SSSR count). The van der Waals surface area contributed by atoms with Crippen LogP contribution >= 0.6 is 0 Å². The van der Waals surface area contributed by atoms with E-state index >= 15 is 0 Å². The minimum Gasteiger partial charge on any atom is -0.382 e. The Balaban J connectivity index is 1.96. The fourth-order valence-electron chi connectivity index (χ4n) is 1.96. The van der Waals surface area contributed by atoms with E-state index in [1.54, 1.807) is 29.3 Å². The number of nitrogens with one attached hydrogen (secondary N) is 1. The highest BCUT2D eigenvalue weighted by molar-refractivity contribution is 5.99. The van der Waals surface area contributed by atoms with Crippen LogP contribution in [-0.4, -0.2) is 31.9 Å². The number of nitrogens with two attached hydrogens (primary N) is 1. The summed E-state index contributed by atoms with van der Waals surface area (Å²) in [5.41, 5.74) is 8.74. The van der Waals surface area contributed by atoms with Gasteiger partial charge in [0.25, 0.3) is 0 Å². The first kappa shape index (κ1) is 13.6. The minimum atomic E-state index is 0.205. The van der Waals surface area contributed by atoms with Crippen LogP contribution in [-0.2, 0) is 0 Å². The molecule has 0 aliphatic carbocycles. The Morgan fingerprint density at radius 3 is 2.91 bits per heavy atom. The van der Waals surface area contributed by atoms with Crippen LogP contribution in [0.4, 0.5) is 0 Å². The molecule has 108 valence electrons. The first-order valence-corrected chi connectivity index (χ1v) is 6.53. The van der Waals surface area contributed by atoms with Crippen molar-refractivity contribution in [3.8, 4) is 16.9 Å². The quantitative estimate of drug-likeness (QED) is 0.563. The fraction of sp³-hybridized carbons (Fsp3) is 0. The second-order valence-electron chi connectivity index (χ2n) is 4.44. The van der Waals surface area contributed by atoms with Gasteiger partial charge in [-0.15, -0.1) is 0 Å². The standard InChI is InChI=1S/C15H13N7/c16-10-19-15(17)14-5-1-4-13(21-14)11-7-20-22(9-11)12-3-2-6-18-8-12/h1-10H,(H3,16,17,19). The van der Waals surface area contributed by atoms with Crippen LogP contribution in [0.25, 0.3) is 16.9 Å². The molecule has 0 aliphatic heterocycles. The number of amidine groups is 1. The second-order valence-corrected chi connectivity index (χ2v) is 4.44. The molecule has 0 bridgehead atoms. The summed E-state index contributed by atoms with van der Waals surface area (Å²) in [7, 11) is 0. The third-order valence-electron chi connectivity index (χ3n) is 3.00. The van der Waals surface area contributed by atoms with E-state index in [1.807, 2.05) is 30.5 Å². The number of hydrogen-bond donors (Lipinski definition) is 2. The maximum absolute atomic E-state index is 6.96. The molecule has 0 amide bonds. The summed E-state index contributed by atoms with van der Waals surface area (Å²) in [5, 5.41) is 11.3. The van der Waals surface area contributed by atoms with Gasteiger partial charge >= 0.3 is 0 Å². The Morgan fingerprint density at radius 1 is 1.23 bits per heavy atom. The van der Waals surface area contributed by atoms with Crippen LogP contribution in [0.3, 0.4) is 0 Å². The van der Waals surface area contributed by atoms with Crippen molar-refractivity contribution in [3.05, 3.63) is 60.8 Å². The molecule has 0 saturated heterocycles. The van der Waals surface area contributed by atoms with Gasteiger partial charge in [0.2, 0.25) is 0 Å². The Kier molecular flexibility index (Phi) is 3.69. The highest BCUT2D eigenvalue weighted by Gasteiger charge is 2.07. The molecule has 3 aromatic rings. The van der Waals surface area contributed by atoms with E-state index in [4.69, 9.17) is 11.1 Å². The zero-order valence-electron chi connectivity index (χ0n) is 11.6. The van der Waals surface area contributed by atoms with Crippen molar-refractivity contribution in [2.75, 3.05) is 0 Å². The van der Waals surface area contributed by atoms with Crippen molar-refractivity contribution < 1.29 is 0 Å². The summed E-state index contributed by atoms with van der Waals surface area (Å²) in [4.78, 5) is 12.2. The lowest BCUT2D eigenvalue weighted by Crippen LogP contribution is -2.15. The van der Waals surface area contributed by atoms with Crippen LogP contribution in [0.15, 0.2) is 60.1 Å². The lowest BCUT2D eigenvalue weighted by molar-refractivity contribution is 0.874. The zero-order chi connectivity index (χ0) is 15.4. The fourth-order valence-corrected chi connectivity index (χ4v) is 1.96. The highest BCUT2D eigenvalue weighted by Crippen LogP contribution is 2.18. The number of aromatic nitrogens is 4. The van der Waals surface area contributed by atoms with Crippen molar-refractivity contribution in [1.82, 2.24) is 19.7 Å². The van der Waals surface area contributed by atoms with Crippen LogP contribution in [0.2, 0.25) is 0 Å². The van der Waals surface area contributed by atoms with Crippen molar-refractivity contribution >= 4 is 12.2 Å². The van der Waals surface area contributed by atoms with E-state index in [2.05, 4.69) is 20.1 Å². The molecule has 0 spiro atoms. The van der Waals surface area contributed by atoms with Crippen molar-refractivity contribution in [1.29, 1.82) is 5.41 Å². The average molecular weight is 291 g/mol. The molecule has 3 heterocycles. The first-order valence-electron chi connectivity index (χ1n) is 6.53. The third kappa shape index (κ3) is 2.73. The SMILES string of the molecule is N=CN=C(N)c1cccc(-c2cnn(-c3cccnc3)c2)n1. The highest BCUT2D eigenvalue weighted by atomic mass is 15.3. The van der Waals surface area contributed by atoms with Gasteiger partial charge < -0.3 is 5.73 Å². The Bertz CT molecular complexity index is 821. The third-order valence-corrected chi connectivity index (χ3v) is 3.00. The lowest BCUT2D eigenvalue weighted by atomic mass is 10.2. The van der Waals surface area contributed by atoms with Crippen molar-refractivity contribution in [2.24, 2.45) is 10.7 Å². The largest absolute Gasteiger partial charge is 0.382 e. The molecule has 0 unspecified atom stereocenters. The molecular formula is C15H13N7. The van der Waals surface area contributed by atoms with Gasteiger partial charge in [-0.25, -0.2) is 14.7 Å². The molecule has 3 aromatic heterocycles. The van der Waals surface area contributed by atoms with E-state index in [9.17, 15) is 0 Å². The van der Waals surface area contributed by atoms with Crippen LogP contribution < -0.4 is 5.73 Å². The Labute approximate surface area is 126 Å². The predicted molar refractivity (Wildman–Crippen MR) is 84.1 cm³/mol. The Hall–Kier alpha value is -3.35. The van der Waals surface area contributed by atoms with E-state index in [0.29, 0.717) is 5.69 Å². The first-order chi connectivity index (χ1) is 10.8. The maximum atomic E-state index is 6.96. The van der Waals surface area contributed by atoms with Gasteiger partial charge in [0.05, 0.1) is 23.8 Å². The van der Waals surface area contributed by atoms with Crippen LogP contribution in [0.5, 0.6) is 0 Å². The molecule has 0 aliphatic rings. The second kappa shape index (κ2) is 5.96. The number of hydrogen-bond acceptors (Lipinski definition) is 4. The van der Waals surface area contributed by atoms with E-state index in [1.165, 1.54) is 0 Å². The molecule has 7 heteroatoms. The maximum Gasteiger partial charge on any atom is 0.151 e. The van der Waals surface area contributed by atoms with Gasteiger partial charge in [-0.2, -0.15) is 5.10 Å². The number of nitrogens with zero attached hydrogens (tertiary/aromatic N) is 5. The van der Waals surface area contributed by atoms with E-state index < -0.39 is 0 Å². The molecule has 0 fully saturated rings. The number of pyridine rings is 2. The van der Waals surface area contributed by atoms with Gasteiger partial charge in [0.1, 0.15) is 12.0 Å². The van der Waals surface area contributed by atoms with Gasteiger partial charge in [-0.05, 0) is 24.3 Å². The van der Waals surface area contributed by atoms with Gasteiger partial charge in [0, 0.05) is 18.0 Å². The van der Waals surface area contributed by atoms with Crippen molar-refractivity contribution in [3.63, 3.8) is 0 Å². The van der Waals surface area contributed by atoms with Crippen LogP contribution in [0, 0.1) is 5.41 Å². The molecule has 7 nitrogen and oxygen atoms in total. The summed E-state index contributed by atoms with van der Waals surface area (Å²) in [6.07, 6.45) is 7.93. The molecule has 0 radical (unpaired) electrons. The van der Waals surface area contributed by atoms with Gasteiger partial charge in [-0.1, -0.05) is 6.07 Å². The summed E-state index contributed by atoms with van der Waals surface area (Å²) < 4.78 is 1.73. The number of aliphatic imine (C=N–C) groups is 1. The minimum absolute atomic E-state index is 0.205. The van der Waals surface area contributed by atoms with Crippen molar-refractivity contribution in [2.45, 2.75) is 0 Å². The lowest BCUT2D eigenvalue weighted by Gasteiger charge is -2.02. The zero-order valence-corrected chi connectivity index (χ0v) is 11.6. The smallest absolute Gasteiger partial charge is 0.151 e. The summed E-state index contributed by atoms with van der Waals surface area (Å²) in [5.74, 6) is 0.205. The van der Waals surface area contributed by atoms with Crippen LogP contribution in [0.1, 0.15) is 5.69 Å². The van der Waals surface area contributed by atoms with E-state index in [-0.39, 0.29) is 5.84 Å². The summed E-state index contributed by atoms with van der Waals surface area (Å²) in [6, 6.07) is 9.22. The molecule has 0 aromatic carbocycles. The predicted octanol–water partition coefficient (Wildman–Crippen LogP) is 1.64. The van der Waals surface area contributed by atoms with Gasteiger partial charge in [-0.3, -0.25) is 10.4 Å². The molecule has 3 N–H and O–H groups in total. The summed E-state index contributed by atoms with van der Waals surface area (Å²) >= 11 is 0. The molecular weight excluding hydrogens is 278 g/mol.